The number of aryl methyl sites for hydroxylation is 1. The van der Waals surface area contributed by atoms with E-state index in [1.165, 1.54) is 0 Å². The van der Waals surface area contributed by atoms with E-state index in [0.29, 0.717) is 25.4 Å². The molecule has 8 nitrogen and oxygen atoms in total. The molecule has 0 bridgehead atoms. The van der Waals surface area contributed by atoms with Gasteiger partial charge >= 0.3 is 0 Å². The highest BCUT2D eigenvalue weighted by molar-refractivity contribution is 7.13. The van der Waals surface area contributed by atoms with Crippen molar-refractivity contribution in [2.24, 2.45) is 16.7 Å². The fraction of sp³-hybridized carbons (Fsp3) is 0.500. The maximum Gasteiger partial charge on any atom is 0.237 e. The standard InChI is InChI=1S/C28H30N6O2S/c1-26-16-27(26)13-23(33(17-29)14-18(27)8-9-24(26)35)28(19-5-2-3-6-20(19)30-25(28)36)10-11-34-15-21(31-32-34)22-7-4-12-37-22/h2-7,12,15,18,23-24,35H,8-11,13-14,16H2,1H3,(H,30,36)/t18-,23-,24-,26-,27+,28-/m0/s1. The van der Waals surface area contributed by atoms with Gasteiger partial charge in [0.15, 0.2) is 6.19 Å². The highest BCUT2D eigenvalue weighted by atomic mass is 32.1. The SMILES string of the molecule is C[C@@]12C[C@@]13C[C@@H]([C@@]1(CCn4cc(-c5cccs5)nn4)C(=O)Nc4ccccc41)N(C#N)C[C@@H]3CC[C@@H]2O. The molecule has 7 rings (SSSR count). The van der Waals surface area contributed by atoms with Crippen LogP contribution in [0.25, 0.3) is 10.6 Å². The molecule has 3 aromatic rings. The van der Waals surface area contributed by atoms with Crippen molar-refractivity contribution in [2.75, 3.05) is 11.9 Å². The van der Waals surface area contributed by atoms with Gasteiger partial charge in [-0.25, -0.2) is 0 Å². The maximum atomic E-state index is 14.0. The summed E-state index contributed by atoms with van der Waals surface area (Å²) in [5.74, 6) is 0.323. The molecular formula is C28H30N6O2S. The number of amides is 1. The minimum absolute atomic E-state index is 0.0207. The molecule has 2 saturated carbocycles. The number of para-hydroxylation sites is 1. The Morgan fingerprint density at radius 1 is 1.27 bits per heavy atom. The summed E-state index contributed by atoms with van der Waals surface area (Å²) >= 11 is 1.62. The van der Waals surface area contributed by atoms with Crippen LogP contribution >= 0.6 is 11.3 Å². The number of carbonyl (C=O) groups is 1. The minimum Gasteiger partial charge on any atom is -0.393 e. The largest absolute Gasteiger partial charge is 0.393 e. The lowest BCUT2D eigenvalue weighted by Gasteiger charge is -2.52. The first-order valence-corrected chi connectivity index (χ1v) is 14.0. The molecule has 4 heterocycles. The molecule has 2 N–H and O–H groups in total. The number of fused-ring (bicyclic) bond motifs is 1. The number of thiophene rings is 1. The first-order valence-electron chi connectivity index (χ1n) is 13.1. The summed E-state index contributed by atoms with van der Waals surface area (Å²) < 4.78 is 1.82. The Morgan fingerprint density at radius 2 is 2.14 bits per heavy atom. The number of aromatic nitrogens is 3. The van der Waals surface area contributed by atoms with E-state index in [-0.39, 0.29) is 28.9 Å². The molecule has 6 atom stereocenters. The molecular weight excluding hydrogens is 484 g/mol. The summed E-state index contributed by atoms with van der Waals surface area (Å²) in [7, 11) is 0. The molecule has 9 heteroatoms. The minimum atomic E-state index is -0.896. The van der Waals surface area contributed by atoms with E-state index in [1.54, 1.807) is 11.3 Å². The van der Waals surface area contributed by atoms with Gasteiger partial charge in [-0.05, 0) is 66.5 Å². The van der Waals surface area contributed by atoms with Crippen LogP contribution in [0.2, 0.25) is 0 Å². The number of carbonyl (C=O) groups excluding carboxylic acids is 1. The highest BCUT2D eigenvalue weighted by Crippen LogP contribution is 2.77. The Morgan fingerprint density at radius 3 is 2.95 bits per heavy atom. The number of nitriles is 1. The molecule has 2 aliphatic heterocycles. The molecule has 0 unspecified atom stereocenters. The van der Waals surface area contributed by atoms with Crippen molar-refractivity contribution >= 4 is 22.9 Å². The van der Waals surface area contributed by atoms with Gasteiger partial charge in [0.2, 0.25) is 5.91 Å². The van der Waals surface area contributed by atoms with Crippen molar-refractivity contribution in [3.05, 3.63) is 53.5 Å². The van der Waals surface area contributed by atoms with E-state index in [0.717, 1.165) is 47.5 Å². The molecule has 1 spiro atoms. The Bertz CT molecular complexity index is 1410. The van der Waals surface area contributed by atoms with Crippen LogP contribution in [0.3, 0.4) is 0 Å². The molecule has 2 aromatic heterocycles. The van der Waals surface area contributed by atoms with E-state index in [9.17, 15) is 15.2 Å². The van der Waals surface area contributed by atoms with Gasteiger partial charge in [-0.3, -0.25) is 9.48 Å². The van der Waals surface area contributed by atoms with Gasteiger partial charge < -0.3 is 15.3 Å². The normalized spacial score (nSPS) is 35.8. The van der Waals surface area contributed by atoms with E-state index in [4.69, 9.17) is 0 Å². The number of rotatable bonds is 5. The van der Waals surface area contributed by atoms with Crippen LogP contribution in [0, 0.1) is 28.2 Å². The smallest absolute Gasteiger partial charge is 0.237 e. The number of benzene rings is 1. The monoisotopic (exact) mass is 514 g/mol. The van der Waals surface area contributed by atoms with E-state index < -0.39 is 5.41 Å². The Hall–Kier alpha value is -3.22. The lowest BCUT2D eigenvalue weighted by molar-refractivity contribution is -0.126. The predicted molar refractivity (Wildman–Crippen MR) is 139 cm³/mol. The van der Waals surface area contributed by atoms with E-state index in [1.807, 2.05) is 57.6 Å². The Balaban J connectivity index is 1.28. The zero-order valence-corrected chi connectivity index (χ0v) is 21.6. The van der Waals surface area contributed by atoms with Crippen LogP contribution in [-0.4, -0.2) is 49.6 Å². The van der Waals surface area contributed by atoms with Crippen molar-refractivity contribution in [1.82, 2.24) is 19.9 Å². The third-order valence-electron chi connectivity index (χ3n) is 10.2. The van der Waals surface area contributed by atoms with Gasteiger partial charge in [0.1, 0.15) is 5.69 Å². The first kappa shape index (κ1) is 22.9. The number of hydrogen-bond donors (Lipinski definition) is 2. The summed E-state index contributed by atoms with van der Waals surface area (Å²) in [6, 6.07) is 11.6. The lowest BCUT2D eigenvalue weighted by Crippen LogP contribution is -2.60. The number of anilines is 1. The molecule has 1 saturated heterocycles. The number of nitrogens with zero attached hydrogens (tertiary/aromatic N) is 5. The molecule has 4 aliphatic rings. The topological polar surface area (TPSA) is 107 Å². The van der Waals surface area contributed by atoms with Gasteiger partial charge in [0.25, 0.3) is 0 Å². The molecule has 1 amide bonds. The molecule has 0 radical (unpaired) electrons. The summed E-state index contributed by atoms with van der Waals surface area (Å²) in [6.07, 6.45) is 8.03. The van der Waals surface area contributed by atoms with Gasteiger partial charge in [0, 0.05) is 24.2 Å². The van der Waals surface area contributed by atoms with Crippen LogP contribution in [-0.2, 0) is 16.8 Å². The molecule has 1 aromatic carbocycles. The summed E-state index contributed by atoms with van der Waals surface area (Å²) in [5, 5.41) is 35.1. The van der Waals surface area contributed by atoms with E-state index >= 15 is 0 Å². The zero-order valence-electron chi connectivity index (χ0n) is 20.8. The number of piperidine rings is 1. The third kappa shape index (κ3) is 3.06. The second-order valence-electron chi connectivity index (χ2n) is 11.6. The number of hydrogen-bond acceptors (Lipinski definition) is 7. The average molecular weight is 515 g/mol. The quantitative estimate of drug-likeness (QED) is 0.498. The predicted octanol–water partition coefficient (Wildman–Crippen LogP) is 4.01. The summed E-state index contributed by atoms with van der Waals surface area (Å²) in [6.45, 7) is 3.36. The molecule has 37 heavy (non-hydrogen) atoms. The van der Waals surface area contributed by atoms with Crippen molar-refractivity contribution in [1.29, 1.82) is 5.26 Å². The second-order valence-corrected chi connectivity index (χ2v) is 12.5. The number of nitrogens with one attached hydrogen (secondary N) is 1. The van der Waals surface area contributed by atoms with Crippen LogP contribution in [0.5, 0.6) is 0 Å². The fourth-order valence-electron chi connectivity index (χ4n) is 8.05. The molecule has 3 fully saturated rings. The van der Waals surface area contributed by atoms with Gasteiger partial charge in [-0.15, -0.1) is 16.4 Å². The fourth-order valence-corrected chi connectivity index (χ4v) is 8.73. The van der Waals surface area contributed by atoms with Gasteiger partial charge in [-0.2, -0.15) is 5.26 Å². The second kappa shape index (κ2) is 7.89. The highest BCUT2D eigenvalue weighted by Gasteiger charge is 2.75. The van der Waals surface area contributed by atoms with Crippen LogP contribution in [0.4, 0.5) is 5.69 Å². The van der Waals surface area contributed by atoms with Crippen molar-refractivity contribution in [3.63, 3.8) is 0 Å². The number of aliphatic hydroxyl groups excluding tert-OH is 1. The Kier molecular flexibility index (Phi) is 4.89. The number of likely N-dealkylation sites (tertiary alicyclic amines) is 1. The van der Waals surface area contributed by atoms with E-state index in [2.05, 4.69) is 28.7 Å². The third-order valence-corrected chi connectivity index (χ3v) is 11.0. The summed E-state index contributed by atoms with van der Waals surface area (Å²) in [4.78, 5) is 16.9. The number of aliphatic hydroxyl groups is 1. The van der Waals surface area contributed by atoms with Gasteiger partial charge in [0.05, 0.1) is 28.6 Å². The van der Waals surface area contributed by atoms with Crippen LogP contribution < -0.4 is 5.32 Å². The molecule has 2 aliphatic carbocycles. The van der Waals surface area contributed by atoms with Crippen molar-refractivity contribution in [2.45, 2.75) is 63.1 Å². The first-order chi connectivity index (χ1) is 17.9. The van der Waals surface area contributed by atoms with Gasteiger partial charge in [-0.1, -0.05) is 36.4 Å². The summed E-state index contributed by atoms with van der Waals surface area (Å²) in [5.41, 5.74) is 1.55. The Labute approximate surface area is 219 Å². The maximum absolute atomic E-state index is 14.0. The average Bonchev–Trinajstić information content (AvgIpc) is 3.37. The molecule has 190 valence electrons. The van der Waals surface area contributed by atoms with Crippen LogP contribution in [0.15, 0.2) is 48.0 Å². The van der Waals surface area contributed by atoms with Crippen molar-refractivity contribution < 1.29 is 9.90 Å². The van der Waals surface area contributed by atoms with Crippen molar-refractivity contribution in [3.8, 4) is 16.8 Å². The lowest BCUT2D eigenvalue weighted by atomic mass is 9.60. The zero-order chi connectivity index (χ0) is 25.4. The van der Waals surface area contributed by atoms with Crippen LogP contribution in [0.1, 0.15) is 44.6 Å².